The minimum atomic E-state index is -0.708. The first-order valence-electron chi connectivity index (χ1n) is 11.2. The molecule has 4 aromatic heterocycles. The average molecular weight is 486 g/mol. The van der Waals surface area contributed by atoms with E-state index in [1.54, 1.807) is 30.7 Å². The number of nitrogens with one attached hydrogen (secondary N) is 1. The highest BCUT2D eigenvalue weighted by Crippen LogP contribution is 2.28. The quantitative estimate of drug-likeness (QED) is 0.343. The predicted octanol–water partition coefficient (Wildman–Crippen LogP) is 4.70. The predicted molar refractivity (Wildman–Crippen MR) is 131 cm³/mol. The molecule has 0 radical (unpaired) electrons. The molecule has 0 bridgehead atoms. The SMILES string of the molecule is Cc1ccc(-n2nc(C)c(NC(=O)COC(=O)c3cc(-c4ccco4)nc4onc(C)c34)c2C)cc1. The van der Waals surface area contributed by atoms with Crippen LogP contribution in [0.15, 0.2) is 57.7 Å². The summed E-state index contributed by atoms with van der Waals surface area (Å²) in [5.74, 6) is -0.744. The number of benzene rings is 1. The zero-order valence-electron chi connectivity index (χ0n) is 20.2. The Bertz CT molecular complexity index is 1580. The number of aromatic nitrogens is 4. The standard InChI is InChI=1S/C26H23N5O5/c1-14-7-9-18(10-8-14)31-17(4)24(16(3)29-31)28-22(32)13-35-26(33)19-12-20(21-6-5-11-34-21)27-25-23(19)15(2)30-36-25/h5-12H,13H2,1-4H3,(H,28,32). The molecule has 0 aliphatic heterocycles. The molecule has 10 heteroatoms. The van der Waals surface area contributed by atoms with Crippen LogP contribution in [0.2, 0.25) is 0 Å². The van der Waals surface area contributed by atoms with E-state index in [1.807, 2.05) is 38.1 Å². The number of hydrogen-bond donors (Lipinski definition) is 1. The summed E-state index contributed by atoms with van der Waals surface area (Å²) in [5.41, 5.74) is 5.21. The topological polar surface area (TPSA) is 125 Å². The molecule has 1 N–H and O–H groups in total. The van der Waals surface area contributed by atoms with E-state index < -0.39 is 18.5 Å². The van der Waals surface area contributed by atoms with Crippen molar-refractivity contribution in [1.29, 1.82) is 0 Å². The lowest BCUT2D eigenvalue weighted by Crippen LogP contribution is -2.21. The number of carbonyl (C=O) groups excluding carboxylic acids is 2. The second-order valence-corrected chi connectivity index (χ2v) is 8.40. The summed E-state index contributed by atoms with van der Waals surface area (Å²) in [6.45, 7) is 6.88. The first-order valence-corrected chi connectivity index (χ1v) is 11.2. The molecule has 0 unspecified atom stereocenters. The number of amides is 1. The maximum absolute atomic E-state index is 13.0. The van der Waals surface area contributed by atoms with Crippen LogP contribution in [0.1, 0.15) is 33.0 Å². The van der Waals surface area contributed by atoms with Gasteiger partial charge in [0.05, 0.1) is 45.7 Å². The minimum absolute atomic E-state index is 0.174. The molecule has 0 aliphatic carbocycles. The van der Waals surface area contributed by atoms with Gasteiger partial charge < -0.3 is 19.0 Å². The Hall–Kier alpha value is -4.73. The highest BCUT2D eigenvalue weighted by Gasteiger charge is 2.22. The molecular weight excluding hydrogens is 462 g/mol. The molecule has 0 aliphatic rings. The smallest absolute Gasteiger partial charge is 0.339 e. The molecule has 5 aromatic rings. The molecule has 0 fully saturated rings. The van der Waals surface area contributed by atoms with Crippen molar-refractivity contribution in [2.75, 3.05) is 11.9 Å². The Kier molecular flexibility index (Phi) is 5.85. The fourth-order valence-electron chi connectivity index (χ4n) is 3.95. The first kappa shape index (κ1) is 23.0. The van der Waals surface area contributed by atoms with Gasteiger partial charge in [0.2, 0.25) is 0 Å². The number of furan rings is 1. The van der Waals surface area contributed by atoms with Crippen molar-refractivity contribution in [2.45, 2.75) is 27.7 Å². The Morgan fingerprint density at radius 3 is 2.56 bits per heavy atom. The van der Waals surface area contributed by atoms with Gasteiger partial charge in [0.1, 0.15) is 5.69 Å². The monoisotopic (exact) mass is 485 g/mol. The van der Waals surface area contributed by atoms with Crippen molar-refractivity contribution >= 4 is 28.7 Å². The molecule has 0 saturated carbocycles. The molecule has 1 amide bonds. The zero-order valence-corrected chi connectivity index (χ0v) is 20.2. The van der Waals surface area contributed by atoms with Crippen LogP contribution in [0.3, 0.4) is 0 Å². The average Bonchev–Trinajstić information content (AvgIpc) is 3.60. The molecule has 36 heavy (non-hydrogen) atoms. The van der Waals surface area contributed by atoms with Gasteiger partial charge in [0.15, 0.2) is 12.4 Å². The molecule has 0 saturated heterocycles. The van der Waals surface area contributed by atoms with Crippen molar-refractivity contribution in [2.24, 2.45) is 0 Å². The number of anilines is 1. The second kappa shape index (κ2) is 9.14. The van der Waals surface area contributed by atoms with Gasteiger partial charge in [0, 0.05) is 0 Å². The zero-order chi connectivity index (χ0) is 25.4. The number of carbonyl (C=O) groups is 2. The molecule has 5 rings (SSSR count). The highest BCUT2D eigenvalue weighted by atomic mass is 16.5. The lowest BCUT2D eigenvalue weighted by Gasteiger charge is -2.09. The molecule has 4 heterocycles. The first-order chi connectivity index (χ1) is 17.3. The number of pyridine rings is 1. The van der Waals surface area contributed by atoms with Gasteiger partial charge in [-0.15, -0.1) is 0 Å². The van der Waals surface area contributed by atoms with Crippen molar-refractivity contribution in [3.8, 4) is 17.1 Å². The number of esters is 1. The molecule has 10 nitrogen and oxygen atoms in total. The van der Waals surface area contributed by atoms with Crippen molar-refractivity contribution < 1.29 is 23.3 Å². The maximum Gasteiger partial charge on any atom is 0.339 e. The fraction of sp³-hybridized carbons (Fsp3) is 0.192. The third-order valence-corrected chi connectivity index (χ3v) is 5.78. The highest BCUT2D eigenvalue weighted by molar-refractivity contribution is 6.05. The van der Waals surface area contributed by atoms with Crippen LogP contribution in [0.4, 0.5) is 5.69 Å². The van der Waals surface area contributed by atoms with E-state index >= 15 is 0 Å². The van der Waals surface area contributed by atoms with E-state index in [2.05, 4.69) is 20.6 Å². The van der Waals surface area contributed by atoms with Crippen LogP contribution in [-0.2, 0) is 9.53 Å². The number of rotatable bonds is 6. The summed E-state index contributed by atoms with van der Waals surface area (Å²) >= 11 is 0. The second-order valence-electron chi connectivity index (χ2n) is 8.40. The van der Waals surface area contributed by atoms with Gasteiger partial charge >= 0.3 is 5.97 Å². The van der Waals surface area contributed by atoms with Gasteiger partial charge in [0.25, 0.3) is 11.6 Å². The molecule has 0 spiro atoms. The summed E-state index contributed by atoms with van der Waals surface area (Å²) < 4.78 is 17.7. The van der Waals surface area contributed by atoms with E-state index in [4.69, 9.17) is 13.7 Å². The molecule has 182 valence electrons. The van der Waals surface area contributed by atoms with Crippen LogP contribution in [0.5, 0.6) is 0 Å². The minimum Gasteiger partial charge on any atom is -0.463 e. The van der Waals surface area contributed by atoms with Crippen LogP contribution < -0.4 is 5.32 Å². The van der Waals surface area contributed by atoms with E-state index in [0.717, 1.165) is 16.9 Å². The summed E-state index contributed by atoms with van der Waals surface area (Å²) in [5, 5.41) is 11.7. The summed E-state index contributed by atoms with van der Waals surface area (Å²) in [6.07, 6.45) is 1.50. The lowest BCUT2D eigenvalue weighted by atomic mass is 10.1. The van der Waals surface area contributed by atoms with E-state index in [1.165, 1.54) is 12.3 Å². The van der Waals surface area contributed by atoms with Crippen LogP contribution in [0.25, 0.3) is 28.2 Å². The van der Waals surface area contributed by atoms with Crippen molar-refractivity contribution in [1.82, 2.24) is 19.9 Å². The Morgan fingerprint density at radius 1 is 1.06 bits per heavy atom. The normalized spacial score (nSPS) is 11.1. The number of fused-ring (bicyclic) bond motifs is 1. The molecule has 1 aromatic carbocycles. The fourth-order valence-corrected chi connectivity index (χ4v) is 3.95. The molecular formula is C26H23N5O5. The van der Waals surface area contributed by atoms with Crippen LogP contribution >= 0.6 is 0 Å². The van der Waals surface area contributed by atoms with E-state index in [0.29, 0.717) is 33.9 Å². The number of ether oxygens (including phenoxy) is 1. The third-order valence-electron chi connectivity index (χ3n) is 5.78. The van der Waals surface area contributed by atoms with Gasteiger partial charge in [-0.3, -0.25) is 4.79 Å². The van der Waals surface area contributed by atoms with Gasteiger partial charge in [-0.1, -0.05) is 22.9 Å². The number of aryl methyl sites for hydroxylation is 3. The number of nitrogens with zero attached hydrogens (tertiary/aromatic N) is 4. The van der Waals surface area contributed by atoms with Gasteiger partial charge in [-0.2, -0.15) is 5.10 Å². The van der Waals surface area contributed by atoms with Crippen molar-refractivity contribution in [3.63, 3.8) is 0 Å². The maximum atomic E-state index is 13.0. The lowest BCUT2D eigenvalue weighted by molar-refractivity contribution is -0.119. The summed E-state index contributed by atoms with van der Waals surface area (Å²) in [6, 6.07) is 12.9. The number of hydrogen-bond acceptors (Lipinski definition) is 8. The Labute approximate surface area is 205 Å². The Morgan fingerprint density at radius 2 is 1.83 bits per heavy atom. The summed E-state index contributed by atoms with van der Waals surface area (Å²) in [4.78, 5) is 30.1. The van der Waals surface area contributed by atoms with Gasteiger partial charge in [-0.25, -0.2) is 14.5 Å². The third kappa shape index (κ3) is 4.24. The van der Waals surface area contributed by atoms with Crippen LogP contribution in [0, 0.1) is 27.7 Å². The largest absolute Gasteiger partial charge is 0.463 e. The van der Waals surface area contributed by atoms with Crippen molar-refractivity contribution in [3.05, 3.63) is 76.9 Å². The molecule has 0 atom stereocenters. The van der Waals surface area contributed by atoms with E-state index in [9.17, 15) is 9.59 Å². The van der Waals surface area contributed by atoms with E-state index in [-0.39, 0.29) is 11.3 Å². The Balaban J connectivity index is 1.33. The summed E-state index contributed by atoms with van der Waals surface area (Å²) in [7, 11) is 0. The van der Waals surface area contributed by atoms with Crippen LogP contribution in [-0.4, -0.2) is 38.4 Å². The van der Waals surface area contributed by atoms with Gasteiger partial charge in [-0.05, 0) is 58.0 Å².